The molecule has 4 rings (SSSR count). The van der Waals surface area contributed by atoms with Gasteiger partial charge in [-0.3, -0.25) is 4.79 Å². The van der Waals surface area contributed by atoms with Gasteiger partial charge in [-0.1, -0.05) is 42.5 Å². The molecule has 0 aromatic heterocycles. The molecule has 1 fully saturated rings. The van der Waals surface area contributed by atoms with E-state index in [0.29, 0.717) is 17.0 Å². The van der Waals surface area contributed by atoms with E-state index in [1.807, 2.05) is 30.3 Å². The number of β-lactam (4-membered cyclic amide) rings is 1. The summed E-state index contributed by atoms with van der Waals surface area (Å²) in [5, 5.41) is 0. The number of hydrogen-bond acceptors (Lipinski definition) is 2. The van der Waals surface area contributed by atoms with Gasteiger partial charge in [0.25, 0.3) is 0 Å². The third-order valence-electron chi connectivity index (χ3n) is 5.19. The molecule has 0 bridgehead atoms. The van der Waals surface area contributed by atoms with Gasteiger partial charge in [0.05, 0.1) is 24.6 Å². The van der Waals surface area contributed by atoms with Gasteiger partial charge >= 0.3 is 6.18 Å². The number of anilines is 1. The fraction of sp³-hybridized carbons (Fsp3) is 0.174. The Morgan fingerprint density at radius 3 is 2.00 bits per heavy atom. The third-order valence-corrected chi connectivity index (χ3v) is 5.19. The van der Waals surface area contributed by atoms with E-state index in [1.54, 1.807) is 36.3 Å². The Hall–Kier alpha value is -3.28. The molecule has 0 N–H and O–H groups in total. The molecule has 0 aliphatic carbocycles. The number of nitrogens with zero attached hydrogens (tertiary/aromatic N) is 1. The fourth-order valence-corrected chi connectivity index (χ4v) is 3.72. The maximum absolute atomic E-state index is 13.0. The van der Waals surface area contributed by atoms with Crippen molar-refractivity contribution in [3.63, 3.8) is 0 Å². The number of hydrogen-bond donors (Lipinski definition) is 0. The molecule has 1 saturated heterocycles. The second-order valence-corrected chi connectivity index (χ2v) is 6.86. The molecule has 3 aromatic rings. The van der Waals surface area contributed by atoms with Crippen LogP contribution >= 0.6 is 0 Å². The summed E-state index contributed by atoms with van der Waals surface area (Å²) in [5.74, 6) is 0.119. The number of alkyl halides is 3. The average molecular weight is 397 g/mol. The summed E-state index contributed by atoms with van der Waals surface area (Å²) in [6.07, 6.45) is -4.40. The lowest BCUT2D eigenvalue weighted by Gasteiger charge is -2.47. The van der Waals surface area contributed by atoms with Crippen LogP contribution in [0.4, 0.5) is 18.9 Å². The third kappa shape index (κ3) is 3.46. The summed E-state index contributed by atoms with van der Waals surface area (Å²) in [6.45, 7) is 0. The zero-order valence-corrected chi connectivity index (χ0v) is 15.6. The van der Waals surface area contributed by atoms with Crippen LogP contribution in [-0.4, -0.2) is 13.0 Å². The van der Waals surface area contributed by atoms with Gasteiger partial charge in [0.2, 0.25) is 5.91 Å². The van der Waals surface area contributed by atoms with Gasteiger partial charge in [-0.15, -0.1) is 0 Å². The molecular weight excluding hydrogens is 379 g/mol. The molecule has 0 spiro atoms. The number of ether oxygens (including phenoxy) is 1. The van der Waals surface area contributed by atoms with Crippen molar-refractivity contribution in [2.45, 2.75) is 18.1 Å². The summed E-state index contributed by atoms with van der Waals surface area (Å²) < 4.78 is 44.0. The lowest BCUT2D eigenvalue weighted by atomic mass is 9.77. The van der Waals surface area contributed by atoms with Crippen molar-refractivity contribution in [2.24, 2.45) is 0 Å². The minimum absolute atomic E-state index is 0.0914. The predicted molar refractivity (Wildman–Crippen MR) is 104 cm³/mol. The highest BCUT2D eigenvalue weighted by molar-refractivity contribution is 6.06. The van der Waals surface area contributed by atoms with Crippen molar-refractivity contribution in [3.05, 3.63) is 95.6 Å². The van der Waals surface area contributed by atoms with E-state index in [9.17, 15) is 18.0 Å². The molecule has 1 amide bonds. The number of methoxy groups -OCH3 is 1. The smallest absolute Gasteiger partial charge is 0.416 e. The molecule has 0 unspecified atom stereocenters. The molecule has 0 radical (unpaired) electrons. The Kier molecular flexibility index (Phi) is 4.78. The maximum Gasteiger partial charge on any atom is 0.416 e. The van der Waals surface area contributed by atoms with Gasteiger partial charge in [-0.25, -0.2) is 0 Å². The Morgan fingerprint density at radius 2 is 1.45 bits per heavy atom. The van der Waals surface area contributed by atoms with E-state index in [4.69, 9.17) is 4.74 Å². The normalized spacial score (nSPS) is 19.0. The molecule has 148 valence electrons. The Balaban J connectivity index is 1.74. The number of carbonyl (C=O) groups is 1. The largest absolute Gasteiger partial charge is 0.497 e. The molecule has 1 aliphatic rings. The van der Waals surface area contributed by atoms with Crippen LogP contribution in [-0.2, 0) is 11.0 Å². The summed E-state index contributed by atoms with van der Waals surface area (Å²) in [5.41, 5.74) is 1.46. The van der Waals surface area contributed by atoms with E-state index >= 15 is 0 Å². The highest BCUT2D eigenvalue weighted by atomic mass is 19.4. The Labute approximate surface area is 166 Å². The second kappa shape index (κ2) is 7.28. The van der Waals surface area contributed by atoms with Crippen LogP contribution in [0, 0.1) is 0 Å². The van der Waals surface area contributed by atoms with Crippen molar-refractivity contribution in [2.75, 3.05) is 12.0 Å². The van der Waals surface area contributed by atoms with Crippen molar-refractivity contribution in [1.29, 1.82) is 0 Å². The standard InChI is InChI=1S/C23H18F3NO2/c1-29-19-13-11-18(12-14-19)27-21(16-7-9-17(10-8-16)23(24,25)26)20(22(27)28)15-5-3-2-4-6-15/h2-14,20-21H,1H3/t20-,21+/m1/s1. The van der Waals surface area contributed by atoms with Crippen LogP contribution in [0.3, 0.4) is 0 Å². The summed E-state index contributed by atoms with van der Waals surface area (Å²) in [7, 11) is 1.56. The van der Waals surface area contributed by atoms with Crippen LogP contribution in [0.15, 0.2) is 78.9 Å². The van der Waals surface area contributed by atoms with Crippen molar-refractivity contribution < 1.29 is 22.7 Å². The van der Waals surface area contributed by atoms with Crippen LogP contribution < -0.4 is 9.64 Å². The maximum atomic E-state index is 13.0. The first-order chi connectivity index (χ1) is 13.9. The van der Waals surface area contributed by atoms with Gasteiger partial charge in [0.1, 0.15) is 5.75 Å². The van der Waals surface area contributed by atoms with Crippen LogP contribution in [0.25, 0.3) is 0 Å². The molecule has 3 nitrogen and oxygen atoms in total. The first-order valence-electron chi connectivity index (χ1n) is 9.09. The molecule has 1 heterocycles. The first-order valence-corrected chi connectivity index (χ1v) is 9.09. The molecule has 2 atom stereocenters. The van der Waals surface area contributed by atoms with Gasteiger partial charge in [-0.2, -0.15) is 13.2 Å². The van der Waals surface area contributed by atoms with Gasteiger partial charge < -0.3 is 9.64 Å². The van der Waals surface area contributed by atoms with Gasteiger partial charge in [0, 0.05) is 5.69 Å². The topological polar surface area (TPSA) is 29.5 Å². The van der Waals surface area contributed by atoms with E-state index in [0.717, 1.165) is 17.7 Å². The van der Waals surface area contributed by atoms with Crippen LogP contribution in [0.5, 0.6) is 5.75 Å². The molecular formula is C23H18F3NO2. The van der Waals surface area contributed by atoms with E-state index in [2.05, 4.69) is 0 Å². The monoisotopic (exact) mass is 397 g/mol. The Bertz CT molecular complexity index is 999. The average Bonchev–Trinajstić information content (AvgIpc) is 2.73. The minimum atomic E-state index is -4.40. The van der Waals surface area contributed by atoms with Gasteiger partial charge in [0.15, 0.2) is 0 Å². The van der Waals surface area contributed by atoms with Crippen molar-refractivity contribution >= 4 is 11.6 Å². The zero-order valence-electron chi connectivity index (χ0n) is 15.6. The highest BCUT2D eigenvalue weighted by Crippen LogP contribution is 2.49. The van der Waals surface area contributed by atoms with E-state index in [-0.39, 0.29) is 11.9 Å². The van der Waals surface area contributed by atoms with E-state index < -0.39 is 17.7 Å². The number of halogens is 3. The zero-order chi connectivity index (χ0) is 20.6. The quantitative estimate of drug-likeness (QED) is 0.538. The second-order valence-electron chi connectivity index (χ2n) is 6.86. The van der Waals surface area contributed by atoms with Gasteiger partial charge in [-0.05, 0) is 47.5 Å². The molecule has 1 aliphatic heterocycles. The minimum Gasteiger partial charge on any atom is -0.497 e. The summed E-state index contributed by atoms with van der Waals surface area (Å²) in [4.78, 5) is 14.7. The number of amides is 1. The molecule has 3 aromatic carbocycles. The van der Waals surface area contributed by atoms with E-state index in [1.165, 1.54) is 12.1 Å². The fourth-order valence-electron chi connectivity index (χ4n) is 3.72. The molecule has 29 heavy (non-hydrogen) atoms. The number of benzene rings is 3. The SMILES string of the molecule is COc1ccc(N2C(=O)[C@H](c3ccccc3)[C@@H]2c2ccc(C(F)(F)F)cc2)cc1. The molecule has 0 saturated carbocycles. The Morgan fingerprint density at radius 1 is 0.828 bits per heavy atom. The molecule has 6 heteroatoms. The predicted octanol–water partition coefficient (Wildman–Crippen LogP) is 5.59. The summed E-state index contributed by atoms with van der Waals surface area (Å²) in [6, 6.07) is 21.0. The number of rotatable bonds is 4. The lowest BCUT2D eigenvalue weighted by Crippen LogP contribution is -2.53. The highest BCUT2D eigenvalue weighted by Gasteiger charge is 2.49. The van der Waals surface area contributed by atoms with Crippen LogP contribution in [0.1, 0.15) is 28.7 Å². The first kappa shape index (κ1) is 19.1. The number of carbonyl (C=O) groups excluding carboxylic acids is 1. The van der Waals surface area contributed by atoms with Crippen molar-refractivity contribution in [3.8, 4) is 5.75 Å². The van der Waals surface area contributed by atoms with Crippen LogP contribution in [0.2, 0.25) is 0 Å². The summed E-state index contributed by atoms with van der Waals surface area (Å²) >= 11 is 0. The van der Waals surface area contributed by atoms with Crippen molar-refractivity contribution in [1.82, 2.24) is 0 Å². The lowest BCUT2D eigenvalue weighted by molar-refractivity contribution is -0.137.